The zero-order valence-corrected chi connectivity index (χ0v) is 15.4. The molecule has 1 aromatic carbocycles. The Balaban J connectivity index is 1.87. The highest BCUT2D eigenvalue weighted by Gasteiger charge is 2.13. The van der Waals surface area contributed by atoms with E-state index >= 15 is 0 Å². The lowest BCUT2D eigenvalue weighted by atomic mass is 10.3. The maximum Gasteiger partial charge on any atom is 0.177 e. The molecule has 2 heterocycles. The summed E-state index contributed by atoms with van der Waals surface area (Å²) < 4.78 is 23.8. The van der Waals surface area contributed by atoms with Gasteiger partial charge in [-0.05, 0) is 26.0 Å². The van der Waals surface area contributed by atoms with Gasteiger partial charge in [0, 0.05) is 24.1 Å². The fraction of sp³-hybridized carbons (Fsp3) is 0.176. The van der Waals surface area contributed by atoms with Crippen molar-refractivity contribution in [2.24, 2.45) is 0 Å². The molecule has 134 valence electrons. The number of sulfone groups is 1. The van der Waals surface area contributed by atoms with E-state index in [1.54, 1.807) is 36.4 Å². The molecule has 2 aromatic heterocycles. The fourth-order valence-corrected chi connectivity index (χ4v) is 3.28. The van der Waals surface area contributed by atoms with Gasteiger partial charge < -0.3 is 10.6 Å². The lowest BCUT2D eigenvalue weighted by molar-refractivity contribution is 0.602. The summed E-state index contributed by atoms with van der Waals surface area (Å²) in [7, 11) is -3.36. The largest absolute Gasteiger partial charge is 0.339 e. The van der Waals surface area contributed by atoms with Crippen LogP contribution in [0.4, 0.5) is 23.1 Å². The van der Waals surface area contributed by atoms with E-state index in [1.165, 1.54) is 12.6 Å². The van der Waals surface area contributed by atoms with Gasteiger partial charge in [-0.25, -0.2) is 28.4 Å². The van der Waals surface area contributed by atoms with Crippen molar-refractivity contribution in [2.45, 2.75) is 18.7 Å². The molecule has 0 radical (unpaired) electrons. The third kappa shape index (κ3) is 4.31. The van der Waals surface area contributed by atoms with E-state index in [1.807, 2.05) is 13.8 Å². The van der Waals surface area contributed by atoms with Gasteiger partial charge >= 0.3 is 0 Å². The molecule has 0 atom stereocenters. The molecule has 0 bridgehead atoms. The molecule has 9 heteroatoms. The van der Waals surface area contributed by atoms with Gasteiger partial charge in [0.1, 0.15) is 29.6 Å². The molecule has 0 fully saturated rings. The molecule has 0 saturated heterocycles. The number of aryl methyl sites for hydroxylation is 2. The lowest BCUT2D eigenvalue weighted by Crippen LogP contribution is -2.04. The Morgan fingerprint density at radius 2 is 1.58 bits per heavy atom. The Kier molecular flexibility index (Phi) is 4.81. The van der Waals surface area contributed by atoms with Crippen LogP contribution in [0.3, 0.4) is 0 Å². The summed E-state index contributed by atoms with van der Waals surface area (Å²) in [4.78, 5) is 17.1. The lowest BCUT2D eigenvalue weighted by Gasteiger charge is -2.11. The Bertz CT molecular complexity index is 1030. The summed E-state index contributed by atoms with van der Waals surface area (Å²) in [5.41, 5.74) is 1.29. The van der Waals surface area contributed by atoms with Crippen molar-refractivity contribution in [3.8, 4) is 0 Å². The third-order valence-electron chi connectivity index (χ3n) is 3.44. The minimum Gasteiger partial charge on any atom is -0.339 e. The number of hydrogen-bond donors (Lipinski definition) is 2. The molecule has 0 unspecified atom stereocenters. The van der Waals surface area contributed by atoms with Crippen molar-refractivity contribution in [2.75, 3.05) is 16.9 Å². The second kappa shape index (κ2) is 7.04. The molecule has 26 heavy (non-hydrogen) atoms. The summed E-state index contributed by atoms with van der Waals surface area (Å²) in [6.45, 7) is 3.70. The number of hydrogen-bond acceptors (Lipinski definition) is 8. The summed E-state index contributed by atoms with van der Waals surface area (Å²) >= 11 is 0. The van der Waals surface area contributed by atoms with E-state index in [4.69, 9.17) is 0 Å². The molecule has 2 N–H and O–H groups in total. The van der Waals surface area contributed by atoms with Crippen LogP contribution in [0, 0.1) is 13.8 Å². The molecule has 0 saturated carbocycles. The maximum absolute atomic E-state index is 11.9. The smallest absolute Gasteiger partial charge is 0.177 e. The van der Waals surface area contributed by atoms with Crippen molar-refractivity contribution in [3.63, 3.8) is 0 Å². The average molecular weight is 370 g/mol. The number of aromatic nitrogens is 4. The van der Waals surface area contributed by atoms with Crippen molar-refractivity contribution >= 4 is 33.0 Å². The van der Waals surface area contributed by atoms with Crippen molar-refractivity contribution in [1.29, 1.82) is 0 Å². The van der Waals surface area contributed by atoms with Crippen LogP contribution in [-0.2, 0) is 9.84 Å². The number of rotatable bonds is 5. The molecule has 3 aromatic rings. The first-order valence-corrected chi connectivity index (χ1v) is 9.68. The highest BCUT2D eigenvalue weighted by atomic mass is 32.2. The fourth-order valence-electron chi connectivity index (χ4n) is 2.44. The number of nitrogens with zero attached hydrogens (tertiary/aromatic N) is 4. The van der Waals surface area contributed by atoms with Crippen molar-refractivity contribution < 1.29 is 8.42 Å². The van der Waals surface area contributed by atoms with Gasteiger partial charge in [0.25, 0.3) is 0 Å². The second-order valence-electron chi connectivity index (χ2n) is 5.75. The summed E-state index contributed by atoms with van der Waals surface area (Å²) in [5.74, 6) is 2.26. The van der Waals surface area contributed by atoms with Crippen LogP contribution in [0.15, 0.2) is 47.6 Å². The summed E-state index contributed by atoms with van der Waals surface area (Å²) in [6.07, 6.45) is 2.55. The van der Waals surface area contributed by atoms with Crippen LogP contribution in [0.25, 0.3) is 0 Å². The van der Waals surface area contributed by atoms with Crippen molar-refractivity contribution in [1.82, 2.24) is 19.9 Å². The highest BCUT2D eigenvalue weighted by molar-refractivity contribution is 7.90. The van der Waals surface area contributed by atoms with E-state index in [0.717, 1.165) is 5.69 Å². The number of nitrogens with one attached hydrogen (secondary N) is 2. The quantitative estimate of drug-likeness (QED) is 0.705. The van der Waals surface area contributed by atoms with Crippen LogP contribution in [0.5, 0.6) is 0 Å². The molecular formula is C17H18N6O2S. The predicted octanol–water partition coefficient (Wildman–Crippen LogP) is 2.77. The Morgan fingerprint density at radius 3 is 2.27 bits per heavy atom. The number of anilines is 4. The molecule has 0 amide bonds. The third-order valence-corrected chi connectivity index (χ3v) is 4.59. The van der Waals surface area contributed by atoms with Gasteiger partial charge in [-0.3, -0.25) is 0 Å². The van der Waals surface area contributed by atoms with Crippen LogP contribution < -0.4 is 10.6 Å². The monoisotopic (exact) mass is 370 g/mol. The summed E-state index contributed by atoms with van der Waals surface area (Å²) in [6, 6.07) is 10.1. The topological polar surface area (TPSA) is 110 Å². The van der Waals surface area contributed by atoms with Gasteiger partial charge in [0.2, 0.25) is 0 Å². The zero-order valence-electron chi connectivity index (χ0n) is 14.6. The van der Waals surface area contributed by atoms with Crippen LogP contribution in [-0.4, -0.2) is 34.6 Å². The van der Waals surface area contributed by atoms with Gasteiger partial charge in [-0.15, -0.1) is 0 Å². The minimum absolute atomic E-state index is 0.204. The van der Waals surface area contributed by atoms with Crippen LogP contribution in [0.2, 0.25) is 0 Å². The Hall–Kier alpha value is -3.07. The van der Waals surface area contributed by atoms with E-state index in [0.29, 0.717) is 29.0 Å². The first-order valence-electron chi connectivity index (χ1n) is 7.79. The molecule has 0 spiro atoms. The minimum atomic E-state index is -3.36. The Labute approximate surface area is 151 Å². The average Bonchev–Trinajstić information content (AvgIpc) is 2.53. The number of para-hydroxylation sites is 1. The van der Waals surface area contributed by atoms with E-state index < -0.39 is 9.84 Å². The van der Waals surface area contributed by atoms with E-state index in [-0.39, 0.29) is 4.90 Å². The van der Waals surface area contributed by atoms with Gasteiger partial charge in [0.15, 0.2) is 9.84 Å². The Morgan fingerprint density at radius 1 is 0.885 bits per heavy atom. The zero-order chi connectivity index (χ0) is 18.7. The van der Waals surface area contributed by atoms with Crippen LogP contribution >= 0.6 is 0 Å². The molecule has 0 aliphatic rings. The van der Waals surface area contributed by atoms with Gasteiger partial charge in [-0.1, -0.05) is 12.1 Å². The van der Waals surface area contributed by atoms with Crippen molar-refractivity contribution in [3.05, 3.63) is 54.2 Å². The standard InChI is InChI=1S/C17H18N6O2S/c1-11-8-17(21-12(2)20-11)23-16-9-15(18-10-19-16)22-13-6-4-5-7-14(13)26(3,24)25/h4-10H,1-3H3,(H2,18,19,20,21,22,23). The molecule has 0 aliphatic heterocycles. The maximum atomic E-state index is 11.9. The molecule has 3 rings (SSSR count). The molecule has 0 aliphatic carbocycles. The van der Waals surface area contributed by atoms with Gasteiger partial charge in [0.05, 0.1) is 10.6 Å². The van der Waals surface area contributed by atoms with Gasteiger partial charge in [-0.2, -0.15) is 0 Å². The first-order chi connectivity index (χ1) is 12.3. The molecular weight excluding hydrogens is 352 g/mol. The number of benzene rings is 1. The SMILES string of the molecule is Cc1cc(Nc2cc(Nc3ccccc3S(C)(=O)=O)ncn2)nc(C)n1. The predicted molar refractivity (Wildman–Crippen MR) is 99.7 cm³/mol. The first kappa shape index (κ1) is 17.7. The van der Waals surface area contributed by atoms with E-state index in [2.05, 4.69) is 30.6 Å². The second-order valence-corrected chi connectivity index (χ2v) is 7.73. The van der Waals surface area contributed by atoms with Crippen LogP contribution in [0.1, 0.15) is 11.5 Å². The summed E-state index contributed by atoms with van der Waals surface area (Å²) in [5, 5.41) is 6.12. The van der Waals surface area contributed by atoms with E-state index in [9.17, 15) is 8.42 Å². The molecule has 8 nitrogen and oxygen atoms in total. The normalized spacial score (nSPS) is 11.2. The highest BCUT2D eigenvalue weighted by Crippen LogP contribution is 2.25.